The van der Waals surface area contributed by atoms with Crippen LogP contribution in [-0.2, 0) is 6.54 Å². The van der Waals surface area contributed by atoms with Gasteiger partial charge in [0.1, 0.15) is 5.75 Å². The molecule has 0 atom stereocenters. The smallest absolute Gasteiger partial charge is 0.321 e. The predicted molar refractivity (Wildman–Crippen MR) is 88.0 cm³/mol. The van der Waals surface area contributed by atoms with Gasteiger partial charge in [0, 0.05) is 32.0 Å². The molecule has 0 amide bonds. The first-order chi connectivity index (χ1) is 10.8. The zero-order valence-corrected chi connectivity index (χ0v) is 13.3. The van der Waals surface area contributed by atoms with Gasteiger partial charge in [0.2, 0.25) is 0 Å². The van der Waals surface area contributed by atoms with Gasteiger partial charge < -0.3 is 15.0 Å². The fourth-order valence-corrected chi connectivity index (χ4v) is 2.17. The summed E-state index contributed by atoms with van der Waals surface area (Å²) in [5.41, 5.74) is 1.19. The molecule has 0 aliphatic heterocycles. The lowest BCUT2D eigenvalue weighted by Crippen LogP contribution is -2.31. The molecular formula is C17H24N4O. The number of hydrogen-bond donors (Lipinski definition) is 1. The molecule has 1 aromatic heterocycles. The number of nitrogens with zero attached hydrogens (tertiary/aromatic N) is 3. The van der Waals surface area contributed by atoms with E-state index in [1.807, 2.05) is 18.2 Å². The van der Waals surface area contributed by atoms with E-state index >= 15 is 0 Å². The summed E-state index contributed by atoms with van der Waals surface area (Å²) in [5, 5.41) is 3.46. The first-order valence-corrected chi connectivity index (χ1v) is 7.78. The van der Waals surface area contributed by atoms with E-state index in [0.29, 0.717) is 6.01 Å². The minimum absolute atomic E-state index is 0.370. The molecule has 0 saturated heterocycles. The van der Waals surface area contributed by atoms with Crippen molar-refractivity contribution in [3.05, 3.63) is 48.3 Å². The molecule has 5 nitrogen and oxygen atoms in total. The molecule has 118 valence electrons. The molecule has 2 rings (SSSR count). The Kier molecular flexibility index (Phi) is 6.80. The molecule has 0 spiro atoms. The van der Waals surface area contributed by atoms with Crippen molar-refractivity contribution in [2.75, 3.05) is 26.2 Å². The highest BCUT2D eigenvalue weighted by atomic mass is 16.5. The highest BCUT2D eigenvalue weighted by Crippen LogP contribution is 2.18. The Labute approximate surface area is 132 Å². The van der Waals surface area contributed by atoms with Gasteiger partial charge in [-0.2, -0.15) is 0 Å². The standard InChI is InChI=1S/C17H24N4O/c1-3-21(4-2)12-11-18-14-15-7-5-8-16(13-15)22-17-19-9-6-10-20-17/h5-10,13,18H,3-4,11-12,14H2,1-2H3. The van der Waals surface area contributed by atoms with Gasteiger partial charge in [-0.3, -0.25) is 0 Å². The van der Waals surface area contributed by atoms with Crippen LogP contribution in [0.5, 0.6) is 11.8 Å². The van der Waals surface area contributed by atoms with Crippen LogP contribution in [0.1, 0.15) is 19.4 Å². The molecule has 2 aromatic rings. The topological polar surface area (TPSA) is 50.3 Å². The second-order valence-electron chi connectivity index (χ2n) is 4.98. The number of aromatic nitrogens is 2. The van der Waals surface area contributed by atoms with Gasteiger partial charge in [0.15, 0.2) is 0 Å². The van der Waals surface area contributed by atoms with Crippen LogP contribution in [0.2, 0.25) is 0 Å². The fraction of sp³-hybridized carbons (Fsp3) is 0.412. The number of rotatable bonds is 9. The van der Waals surface area contributed by atoms with Gasteiger partial charge in [-0.05, 0) is 36.9 Å². The van der Waals surface area contributed by atoms with Crippen molar-refractivity contribution in [3.8, 4) is 11.8 Å². The fourth-order valence-electron chi connectivity index (χ4n) is 2.17. The van der Waals surface area contributed by atoms with Crippen LogP contribution in [0.15, 0.2) is 42.7 Å². The third-order valence-corrected chi connectivity index (χ3v) is 3.48. The van der Waals surface area contributed by atoms with Crippen LogP contribution in [0.3, 0.4) is 0 Å². The summed E-state index contributed by atoms with van der Waals surface area (Å²) >= 11 is 0. The summed E-state index contributed by atoms with van der Waals surface area (Å²) in [6.45, 7) is 9.45. The van der Waals surface area contributed by atoms with E-state index in [4.69, 9.17) is 4.74 Å². The lowest BCUT2D eigenvalue weighted by molar-refractivity contribution is 0.302. The van der Waals surface area contributed by atoms with Gasteiger partial charge in [0.25, 0.3) is 0 Å². The van der Waals surface area contributed by atoms with Gasteiger partial charge in [-0.1, -0.05) is 26.0 Å². The average molecular weight is 300 g/mol. The first kappa shape index (κ1) is 16.4. The average Bonchev–Trinajstić information content (AvgIpc) is 2.56. The third-order valence-electron chi connectivity index (χ3n) is 3.48. The Morgan fingerprint density at radius 2 is 1.86 bits per heavy atom. The zero-order chi connectivity index (χ0) is 15.6. The van der Waals surface area contributed by atoms with E-state index in [9.17, 15) is 0 Å². The van der Waals surface area contributed by atoms with Gasteiger partial charge in [-0.25, -0.2) is 9.97 Å². The quantitative estimate of drug-likeness (QED) is 0.722. The monoisotopic (exact) mass is 300 g/mol. The van der Waals surface area contributed by atoms with Crippen molar-refractivity contribution in [2.45, 2.75) is 20.4 Å². The predicted octanol–water partition coefficient (Wildman–Crippen LogP) is 2.70. The summed E-state index contributed by atoms with van der Waals surface area (Å²) in [6.07, 6.45) is 3.34. The summed E-state index contributed by atoms with van der Waals surface area (Å²) in [7, 11) is 0. The molecule has 5 heteroatoms. The first-order valence-electron chi connectivity index (χ1n) is 7.78. The lowest BCUT2D eigenvalue weighted by atomic mass is 10.2. The van der Waals surface area contributed by atoms with E-state index in [1.165, 1.54) is 5.56 Å². The van der Waals surface area contributed by atoms with Gasteiger partial charge >= 0.3 is 6.01 Å². The third kappa shape index (κ3) is 5.42. The van der Waals surface area contributed by atoms with Crippen molar-refractivity contribution in [1.29, 1.82) is 0 Å². The zero-order valence-electron chi connectivity index (χ0n) is 13.3. The Morgan fingerprint density at radius 1 is 1.09 bits per heavy atom. The number of ether oxygens (including phenoxy) is 1. The van der Waals surface area contributed by atoms with Crippen LogP contribution in [-0.4, -0.2) is 41.0 Å². The van der Waals surface area contributed by atoms with Crippen molar-refractivity contribution in [1.82, 2.24) is 20.2 Å². The number of benzene rings is 1. The summed E-state index contributed by atoms with van der Waals surface area (Å²) in [4.78, 5) is 10.5. The van der Waals surface area contributed by atoms with Gasteiger partial charge in [-0.15, -0.1) is 0 Å². The second-order valence-corrected chi connectivity index (χ2v) is 4.98. The van der Waals surface area contributed by atoms with E-state index in [0.717, 1.165) is 38.5 Å². The molecule has 0 bridgehead atoms. The molecule has 22 heavy (non-hydrogen) atoms. The number of likely N-dealkylation sites (N-methyl/N-ethyl adjacent to an activating group) is 1. The number of nitrogens with one attached hydrogen (secondary N) is 1. The second kappa shape index (κ2) is 9.12. The van der Waals surface area contributed by atoms with E-state index in [1.54, 1.807) is 18.5 Å². The Hall–Kier alpha value is -1.98. The normalized spacial score (nSPS) is 10.9. The Morgan fingerprint density at radius 3 is 2.59 bits per heavy atom. The van der Waals surface area contributed by atoms with Gasteiger partial charge in [0.05, 0.1) is 0 Å². The minimum atomic E-state index is 0.370. The Bertz CT molecular complexity index is 543. The molecule has 1 N–H and O–H groups in total. The molecule has 1 aromatic carbocycles. The van der Waals surface area contributed by atoms with Crippen LogP contribution >= 0.6 is 0 Å². The molecule has 0 fully saturated rings. The van der Waals surface area contributed by atoms with Crippen LogP contribution in [0.4, 0.5) is 0 Å². The van der Waals surface area contributed by atoms with Crippen LogP contribution in [0.25, 0.3) is 0 Å². The maximum absolute atomic E-state index is 5.64. The molecule has 0 aliphatic carbocycles. The summed E-state index contributed by atoms with van der Waals surface area (Å²) in [5.74, 6) is 0.759. The molecule has 0 saturated carbocycles. The Balaban J connectivity index is 1.81. The van der Waals surface area contributed by atoms with E-state index in [-0.39, 0.29) is 0 Å². The maximum atomic E-state index is 5.64. The van der Waals surface area contributed by atoms with Crippen LogP contribution in [0, 0.1) is 0 Å². The summed E-state index contributed by atoms with van der Waals surface area (Å²) < 4.78 is 5.64. The molecule has 0 radical (unpaired) electrons. The molecule has 1 heterocycles. The lowest BCUT2D eigenvalue weighted by Gasteiger charge is -2.18. The highest BCUT2D eigenvalue weighted by Gasteiger charge is 2.01. The highest BCUT2D eigenvalue weighted by molar-refractivity contribution is 5.30. The molecule has 0 aliphatic rings. The van der Waals surface area contributed by atoms with Crippen molar-refractivity contribution in [3.63, 3.8) is 0 Å². The van der Waals surface area contributed by atoms with E-state index in [2.05, 4.69) is 40.1 Å². The van der Waals surface area contributed by atoms with E-state index < -0.39 is 0 Å². The molecule has 0 unspecified atom stereocenters. The minimum Gasteiger partial charge on any atom is -0.424 e. The SMILES string of the molecule is CCN(CC)CCNCc1cccc(Oc2ncccn2)c1. The number of hydrogen-bond acceptors (Lipinski definition) is 5. The van der Waals surface area contributed by atoms with Crippen molar-refractivity contribution in [2.24, 2.45) is 0 Å². The van der Waals surface area contributed by atoms with Crippen molar-refractivity contribution >= 4 is 0 Å². The van der Waals surface area contributed by atoms with Crippen LogP contribution < -0.4 is 10.1 Å². The summed E-state index contributed by atoms with van der Waals surface area (Å²) in [6, 6.07) is 10.1. The van der Waals surface area contributed by atoms with Crippen molar-refractivity contribution < 1.29 is 4.74 Å². The maximum Gasteiger partial charge on any atom is 0.321 e. The largest absolute Gasteiger partial charge is 0.424 e. The molecular weight excluding hydrogens is 276 g/mol.